The number of nitrogens with one attached hydrogen (secondary N) is 1. The first-order valence-electron chi connectivity index (χ1n) is 8.62. The van der Waals surface area contributed by atoms with E-state index >= 15 is 0 Å². The van der Waals surface area contributed by atoms with Gasteiger partial charge in [-0.15, -0.1) is 0 Å². The largest absolute Gasteiger partial charge is 0.481 e. The predicted molar refractivity (Wildman–Crippen MR) is 103 cm³/mol. The zero-order valence-electron chi connectivity index (χ0n) is 16.1. The van der Waals surface area contributed by atoms with Gasteiger partial charge in [0, 0.05) is 17.1 Å². The highest BCUT2D eigenvalue weighted by Gasteiger charge is 2.20. The molecule has 146 valence electrons. The lowest BCUT2D eigenvalue weighted by Crippen LogP contribution is -2.32. The number of hydrogen-bond donors (Lipinski definition) is 1. The standard InChI is InChI=1S/C19H24ClN3O4/c1-11(2)23-16(6-7-21-23)22-19(25)14(5)27-17(24)10-26-18-12(3)8-15(20)9-13(18)4/h6-9,11,14H,10H2,1-5H3,(H,22,25)/t14-/m0/s1. The topological polar surface area (TPSA) is 82.4 Å². The van der Waals surface area contributed by atoms with E-state index in [-0.39, 0.29) is 12.6 Å². The molecule has 0 bridgehead atoms. The molecule has 2 rings (SSSR count). The second-order valence-corrected chi connectivity index (χ2v) is 6.97. The maximum Gasteiger partial charge on any atom is 0.344 e. The molecule has 1 N–H and O–H groups in total. The van der Waals surface area contributed by atoms with E-state index in [0.717, 1.165) is 11.1 Å². The van der Waals surface area contributed by atoms with Crippen LogP contribution >= 0.6 is 11.6 Å². The van der Waals surface area contributed by atoms with Gasteiger partial charge in [-0.1, -0.05) is 11.6 Å². The Labute approximate surface area is 163 Å². The molecule has 2 aromatic rings. The van der Waals surface area contributed by atoms with E-state index in [2.05, 4.69) is 10.4 Å². The minimum absolute atomic E-state index is 0.0902. The third kappa shape index (κ3) is 5.47. The summed E-state index contributed by atoms with van der Waals surface area (Å²) in [5, 5.41) is 7.45. The summed E-state index contributed by atoms with van der Waals surface area (Å²) in [7, 11) is 0. The minimum atomic E-state index is -0.968. The average Bonchev–Trinajstić information content (AvgIpc) is 3.02. The van der Waals surface area contributed by atoms with E-state index in [9.17, 15) is 9.59 Å². The first-order valence-corrected chi connectivity index (χ1v) is 9.00. The summed E-state index contributed by atoms with van der Waals surface area (Å²) in [6.45, 7) is 8.78. The fourth-order valence-corrected chi connectivity index (χ4v) is 2.92. The van der Waals surface area contributed by atoms with Gasteiger partial charge in [0.2, 0.25) is 0 Å². The Kier molecular flexibility index (Phi) is 6.85. The summed E-state index contributed by atoms with van der Waals surface area (Å²) in [5.74, 6) is 0.0456. The number of aromatic nitrogens is 2. The van der Waals surface area contributed by atoms with Crippen molar-refractivity contribution in [1.29, 1.82) is 0 Å². The van der Waals surface area contributed by atoms with Gasteiger partial charge >= 0.3 is 5.97 Å². The van der Waals surface area contributed by atoms with Crippen LogP contribution in [0.4, 0.5) is 5.82 Å². The number of esters is 1. The smallest absolute Gasteiger partial charge is 0.344 e. The normalized spacial score (nSPS) is 12.0. The van der Waals surface area contributed by atoms with Crippen LogP contribution in [0.1, 0.15) is 37.9 Å². The molecule has 0 aliphatic heterocycles. The monoisotopic (exact) mass is 393 g/mol. The van der Waals surface area contributed by atoms with E-state index in [1.807, 2.05) is 27.7 Å². The summed E-state index contributed by atoms with van der Waals surface area (Å²) < 4.78 is 12.4. The molecule has 27 heavy (non-hydrogen) atoms. The molecule has 0 aliphatic rings. The highest BCUT2D eigenvalue weighted by atomic mass is 35.5. The Morgan fingerprint density at radius 1 is 1.22 bits per heavy atom. The van der Waals surface area contributed by atoms with Gasteiger partial charge in [0.15, 0.2) is 12.7 Å². The number of anilines is 1. The Hall–Kier alpha value is -2.54. The Bertz CT molecular complexity index is 809. The molecule has 0 saturated heterocycles. The van der Waals surface area contributed by atoms with Crippen LogP contribution in [0.3, 0.4) is 0 Å². The predicted octanol–water partition coefficient (Wildman–Crippen LogP) is 3.68. The summed E-state index contributed by atoms with van der Waals surface area (Å²) in [4.78, 5) is 24.3. The molecule has 0 unspecified atom stereocenters. The van der Waals surface area contributed by atoms with Gasteiger partial charge in [0.25, 0.3) is 5.91 Å². The van der Waals surface area contributed by atoms with Crippen molar-refractivity contribution in [2.75, 3.05) is 11.9 Å². The van der Waals surface area contributed by atoms with Crippen LogP contribution in [0, 0.1) is 13.8 Å². The van der Waals surface area contributed by atoms with Gasteiger partial charge in [-0.25, -0.2) is 9.48 Å². The maximum absolute atomic E-state index is 12.3. The van der Waals surface area contributed by atoms with Gasteiger partial charge in [0.1, 0.15) is 11.6 Å². The Morgan fingerprint density at radius 3 is 2.44 bits per heavy atom. The molecule has 0 radical (unpaired) electrons. The molecule has 1 aromatic heterocycles. The molecular formula is C19H24ClN3O4. The quantitative estimate of drug-likeness (QED) is 0.725. The van der Waals surface area contributed by atoms with Crippen molar-refractivity contribution in [3.63, 3.8) is 0 Å². The second-order valence-electron chi connectivity index (χ2n) is 6.53. The first-order chi connectivity index (χ1) is 12.7. The van der Waals surface area contributed by atoms with Crippen LogP contribution in [0.15, 0.2) is 24.4 Å². The molecule has 8 heteroatoms. The molecule has 0 fully saturated rings. The lowest BCUT2D eigenvalue weighted by atomic mass is 10.1. The van der Waals surface area contributed by atoms with E-state index in [1.54, 1.807) is 29.1 Å². The molecule has 0 saturated carbocycles. The van der Waals surface area contributed by atoms with Crippen molar-refractivity contribution in [2.24, 2.45) is 0 Å². The Morgan fingerprint density at radius 2 is 1.85 bits per heavy atom. The number of hydrogen-bond acceptors (Lipinski definition) is 5. The molecule has 1 amide bonds. The van der Waals surface area contributed by atoms with Gasteiger partial charge in [-0.2, -0.15) is 5.10 Å². The highest BCUT2D eigenvalue weighted by Crippen LogP contribution is 2.27. The summed E-state index contributed by atoms with van der Waals surface area (Å²) in [5.41, 5.74) is 1.64. The zero-order valence-corrected chi connectivity index (χ0v) is 16.8. The third-order valence-electron chi connectivity index (χ3n) is 3.85. The number of carbonyl (C=O) groups is 2. The van der Waals surface area contributed by atoms with E-state index in [1.165, 1.54) is 6.92 Å². The van der Waals surface area contributed by atoms with Crippen molar-refractivity contribution in [1.82, 2.24) is 9.78 Å². The van der Waals surface area contributed by atoms with Crippen molar-refractivity contribution in [2.45, 2.75) is 46.8 Å². The minimum Gasteiger partial charge on any atom is -0.481 e. The van der Waals surface area contributed by atoms with Gasteiger partial charge in [-0.05, 0) is 57.9 Å². The number of nitrogens with zero attached hydrogens (tertiary/aromatic N) is 2. The molecule has 1 atom stereocenters. The lowest BCUT2D eigenvalue weighted by Gasteiger charge is -2.16. The molecule has 7 nitrogen and oxygen atoms in total. The number of ether oxygens (including phenoxy) is 2. The van der Waals surface area contributed by atoms with Crippen molar-refractivity contribution < 1.29 is 19.1 Å². The van der Waals surface area contributed by atoms with E-state index in [0.29, 0.717) is 16.6 Å². The van der Waals surface area contributed by atoms with Crippen molar-refractivity contribution >= 4 is 29.3 Å². The molecule has 1 heterocycles. The number of benzene rings is 1. The van der Waals surface area contributed by atoms with Crippen molar-refractivity contribution in [3.05, 3.63) is 40.5 Å². The van der Waals surface area contributed by atoms with Crippen LogP contribution in [0.2, 0.25) is 5.02 Å². The van der Waals surface area contributed by atoms with E-state index < -0.39 is 18.0 Å². The second kappa shape index (κ2) is 8.90. The van der Waals surface area contributed by atoms with Crippen molar-refractivity contribution in [3.8, 4) is 5.75 Å². The summed E-state index contributed by atoms with van der Waals surface area (Å²) in [6.07, 6.45) is 0.626. The fourth-order valence-electron chi connectivity index (χ4n) is 2.59. The lowest BCUT2D eigenvalue weighted by molar-refractivity contribution is -0.155. The van der Waals surface area contributed by atoms with Gasteiger partial charge in [0.05, 0.1) is 6.20 Å². The van der Waals surface area contributed by atoms with Crippen LogP contribution in [0.25, 0.3) is 0 Å². The van der Waals surface area contributed by atoms with Crippen LogP contribution < -0.4 is 10.1 Å². The SMILES string of the molecule is Cc1cc(Cl)cc(C)c1OCC(=O)O[C@@H](C)C(=O)Nc1ccnn1C(C)C. The third-order valence-corrected chi connectivity index (χ3v) is 4.07. The number of amides is 1. The number of carbonyl (C=O) groups excluding carboxylic acids is 2. The molecule has 0 aliphatic carbocycles. The average molecular weight is 394 g/mol. The van der Waals surface area contributed by atoms with Gasteiger partial charge < -0.3 is 14.8 Å². The van der Waals surface area contributed by atoms with Crippen LogP contribution in [-0.4, -0.2) is 34.4 Å². The van der Waals surface area contributed by atoms with Crippen LogP contribution in [-0.2, 0) is 14.3 Å². The van der Waals surface area contributed by atoms with E-state index in [4.69, 9.17) is 21.1 Å². The summed E-state index contributed by atoms with van der Waals surface area (Å²) in [6, 6.07) is 5.28. The molecule has 0 spiro atoms. The number of aryl methyl sites for hydroxylation is 2. The van der Waals surface area contributed by atoms with Crippen LogP contribution in [0.5, 0.6) is 5.75 Å². The number of halogens is 1. The maximum atomic E-state index is 12.3. The highest BCUT2D eigenvalue weighted by molar-refractivity contribution is 6.30. The first kappa shape index (κ1) is 20.8. The molecular weight excluding hydrogens is 370 g/mol. The molecule has 1 aromatic carbocycles. The fraction of sp³-hybridized carbons (Fsp3) is 0.421. The number of rotatable bonds is 7. The summed E-state index contributed by atoms with van der Waals surface area (Å²) >= 11 is 5.98. The Balaban J connectivity index is 1.90. The zero-order chi connectivity index (χ0) is 20.1. The van der Waals surface area contributed by atoms with Gasteiger partial charge in [-0.3, -0.25) is 4.79 Å².